The third-order valence-corrected chi connectivity index (χ3v) is 6.73. The van der Waals surface area contributed by atoms with Gasteiger partial charge in [-0.15, -0.1) is 0 Å². The van der Waals surface area contributed by atoms with Crippen molar-refractivity contribution in [1.82, 2.24) is 0 Å². The summed E-state index contributed by atoms with van der Waals surface area (Å²) in [4.78, 5) is 25.5. The van der Waals surface area contributed by atoms with Crippen molar-refractivity contribution in [1.29, 1.82) is 0 Å². The molecule has 0 radical (unpaired) electrons. The zero-order valence-corrected chi connectivity index (χ0v) is 15.8. The highest BCUT2D eigenvalue weighted by Gasteiger charge is 2.62. The normalized spacial score (nSPS) is 40.2. The number of carbonyl (C=O) groups excluding carboxylic acids is 2. The van der Waals surface area contributed by atoms with Crippen LogP contribution in [0.4, 0.5) is 0 Å². The molecule has 138 valence electrons. The molecule has 1 aromatic heterocycles. The van der Waals surface area contributed by atoms with Crippen LogP contribution in [0.1, 0.15) is 77.9 Å². The van der Waals surface area contributed by atoms with Crippen LogP contribution in [0.15, 0.2) is 23.0 Å². The molecule has 4 nitrogen and oxygen atoms in total. The molecule has 0 aromatic carbocycles. The molecule has 2 aliphatic carbocycles. The van der Waals surface area contributed by atoms with Crippen LogP contribution in [0.25, 0.3) is 0 Å². The molecule has 1 aromatic rings. The fraction of sp³-hybridized carbons (Fsp3) is 0.714. The van der Waals surface area contributed by atoms with E-state index >= 15 is 0 Å². The number of ketones is 1. The van der Waals surface area contributed by atoms with Gasteiger partial charge in [-0.05, 0) is 49.0 Å². The van der Waals surface area contributed by atoms with E-state index in [0.29, 0.717) is 12.2 Å². The van der Waals surface area contributed by atoms with Crippen LogP contribution in [0.3, 0.4) is 0 Å². The molecule has 4 unspecified atom stereocenters. The number of rotatable bonds is 1. The summed E-state index contributed by atoms with van der Waals surface area (Å²) in [6.07, 6.45) is 8.21. The summed E-state index contributed by atoms with van der Waals surface area (Å²) < 4.78 is 10.9. The summed E-state index contributed by atoms with van der Waals surface area (Å²) in [5, 5.41) is 0. The lowest BCUT2D eigenvalue weighted by molar-refractivity contribution is -0.195. The summed E-state index contributed by atoms with van der Waals surface area (Å²) in [5.41, 5.74) is 0.634. The van der Waals surface area contributed by atoms with Crippen molar-refractivity contribution in [3.05, 3.63) is 24.2 Å². The van der Waals surface area contributed by atoms with Crippen LogP contribution >= 0.6 is 0 Å². The molecule has 0 N–H and O–H groups in total. The molecule has 0 spiro atoms. The smallest absolute Gasteiger partial charge is 0.310 e. The largest absolute Gasteiger partial charge is 0.472 e. The number of ether oxygens (including phenoxy) is 1. The maximum Gasteiger partial charge on any atom is 0.310 e. The number of cyclic esters (lactones) is 1. The highest BCUT2D eigenvalue weighted by Crippen LogP contribution is 2.63. The fourth-order valence-corrected chi connectivity index (χ4v) is 5.74. The molecule has 3 fully saturated rings. The average Bonchev–Trinajstić information content (AvgIpc) is 3.09. The van der Waals surface area contributed by atoms with E-state index in [-0.39, 0.29) is 34.7 Å². The Bertz CT molecular complexity index is 634. The monoisotopic (exact) mass is 346 g/mol. The van der Waals surface area contributed by atoms with Gasteiger partial charge in [0.25, 0.3) is 0 Å². The van der Waals surface area contributed by atoms with E-state index in [1.54, 1.807) is 12.5 Å². The van der Waals surface area contributed by atoms with Crippen LogP contribution in [0.2, 0.25) is 0 Å². The van der Waals surface area contributed by atoms with E-state index in [0.717, 1.165) is 37.7 Å². The molecule has 4 heteroatoms. The van der Waals surface area contributed by atoms with E-state index in [4.69, 9.17) is 9.15 Å². The van der Waals surface area contributed by atoms with Crippen LogP contribution in [0.5, 0.6) is 0 Å². The Morgan fingerprint density at radius 2 is 1.92 bits per heavy atom. The third-order valence-electron chi connectivity index (χ3n) is 6.73. The maximum absolute atomic E-state index is 12.8. The lowest BCUT2D eigenvalue weighted by atomic mass is 9.46. The number of fused-ring (bicyclic) bond motifs is 3. The minimum Gasteiger partial charge on any atom is -0.472 e. The standard InChI is InChI=1S/C19H24O4.C2H6/c1-18-7-3-4-14(20)16(18)19(2)10-15(12-6-9-22-11-12)23-17(21)13(19)5-8-18;1-2/h6,9,11,13,15-16H,3-5,7-8,10H2,1-2H3;1-2H3/t13?,15?,16?,18?,19-;/m0./s1. The van der Waals surface area contributed by atoms with E-state index in [1.165, 1.54) is 0 Å². The van der Waals surface area contributed by atoms with Crippen LogP contribution < -0.4 is 0 Å². The fourth-order valence-electron chi connectivity index (χ4n) is 5.74. The Labute approximate surface area is 150 Å². The topological polar surface area (TPSA) is 56.5 Å². The number of Topliss-reactive ketones (excluding diaryl/α,β-unsaturated/α-hetero) is 1. The summed E-state index contributed by atoms with van der Waals surface area (Å²) in [6, 6.07) is 1.85. The van der Waals surface area contributed by atoms with Crippen molar-refractivity contribution in [3.8, 4) is 0 Å². The Hall–Kier alpha value is -1.58. The van der Waals surface area contributed by atoms with Crippen LogP contribution in [0, 0.1) is 22.7 Å². The first-order valence-corrected chi connectivity index (χ1v) is 9.69. The first-order valence-electron chi connectivity index (χ1n) is 9.69. The Balaban J connectivity index is 0.000000880. The van der Waals surface area contributed by atoms with Gasteiger partial charge >= 0.3 is 5.97 Å². The molecule has 1 saturated heterocycles. The first kappa shape index (κ1) is 18.2. The van der Waals surface area contributed by atoms with Crippen molar-refractivity contribution in [2.45, 2.75) is 72.3 Å². The third kappa shape index (κ3) is 2.84. The van der Waals surface area contributed by atoms with E-state index in [9.17, 15) is 9.59 Å². The van der Waals surface area contributed by atoms with Crippen molar-refractivity contribution in [2.24, 2.45) is 22.7 Å². The van der Waals surface area contributed by atoms with Gasteiger partial charge in [0, 0.05) is 17.9 Å². The number of esters is 1. The lowest BCUT2D eigenvalue weighted by Crippen LogP contribution is -2.58. The molecular weight excluding hydrogens is 316 g/mol. The molecule has 2 saturated carbocycles. The first-order chi connectivity index (χ1) is 11.9. The second-order valence-electron chi connectivity index (χ2n) is 8.19. The zero-order chi connectivity index (χ0) is 18.2. The average molecular weight is 346 g/mol. The second-order valence-corrected chi connectivity index (χ2v) is 8.19. The predicted molar refractivity (Wildman–Crippen MR) is 94.8 cm³/mol. The molecule has 3 aliphatic rings. The maximum atomic E-state index is 12.8. The van der Waals surface area contributed by atoms with Crippen LogP contribution in [-0.4, -0.2) is 11.8 Å². The summed E-state index contributed by atoms with van der Waals surface area (Å²) in [6.45, 7) is 8.40. The zero-order valence-electron chi connectivity index (χ0n) is 15.8. The molecule has 0 bridgehead atoms. The Morgan fingerprint density at radius 3 is 2.60 bits per heavy atom. The van der Waals surface area contributed by atoms with Gasteiger partial charge in [-0.3, -0.25) is 9.59 Å². The lowest BCUT2D eigenvalue weighted by Gasteiger charge is -2.58. The van der Waals surface area contributed by atoms with Crippen molar-refractivity contribution >= 4 is 11.8 Å². The van der Waals surface area contributed by atoms with Gasteiger partial charge in [0.15, 0.2) is 0 Å². The summed E-state index contributed by atoms with van der Waals surface area (Å²) >= 11 is 0. The highest BCUT2D eigenvalue weighted by molar-refractivity contribution is 5.86. The highest BCUT2D eigenvalue weighted by atomic mass is 16.5. The van der Waals surface area contributed by atoms with Gasteiger partial charge < -0.3 is 9.15 Å². The predicted octanol–water partition coefficient (Wildman–Crippen LogP) is 5.09. The minimum absolute atomic E-state index is 0.0234. The van der Waals surface area contributed by atoms with Gasteiger partial charge in [0.1, 0.15) is 11.9 Å². The number of carbonyl (C=O) groups is 2. The number of furan rings is 1. The quantitative estimate of drug-likeness (QED) is 0.665. The van der Waals surface area contributed by atoms with E-state index < -0.39 is 0 Å². The Kier molecular flexibility index (Phi) is 4.82. The van der Waals surface area contributed by atoms with E-state index in [1.807, 2.05) is 19.9 Å². The SMILES string of the molecule is CC.CC12CCCC(=O)C1[C@@]1(C)CC(c3ccoc3)OC(=O)C1CC2. The number of hydrogen-bond acceptors (Lipinski definition) is 4. The minimum atomic E-state index is -0.304. The molecule has 5 atom stereocenters. The summed E-state index contributed by atoms with van der Waals surface area (Å²) in [7, 11) is 0. The number of hydrogen-bond donors (Lipinski definition) is 0. The van der Waals surface area contributed by atoms with Crippen LogP contribution in [-0.2, 0) is 14.3 Å². The summed E-state index contributed by atoms with van der Waals surface area (Å²) in [5.74, 6) is 0.0486. The van der Waals surface area contributed by atoms with Gasteiger partial charge in [-0.25, -0.2) is 0 Å². The second kappa shape index (κ2) is 6.62. The Morgan fingerprint density at radius 1 is 1.16 bits per heavy atom. The van der Waals surface area contributed by atoms with Crippen molar-refractivity contribution in [2.75, 3.05) is 0 Å². The van der Waals surface area contributed by atoms with Crippen molar-refractivity contribution < 1.29 is 18.7 Å². The van der Waals surface area contributed by atoms with E-state index in [2.05, 4.69) is 13.8 Å². The molecular formula is C21H30O4. The molecule has 4 rings (SSSR count). The van der Waals surface area contributed by atoms with Gasteiger partial charge in [0.05, 0.1) is 18.4 Å². The van der Waals surface area contributed by atoms with Gasteiger partial charge in [-0.2, -0.15) is 0 Å². The molecule has 1 aliphatic heterocycles. The van der Waals surface area contributed by atoms with Gasteiger partial charge in [0.2, 0.25) is 0 Å². The molecule has 2 heterocycles. The van der Waals surface area contributed by atoms with Gasteiger partial charge in [-0.1, -0.05) is 27.7 Å². The molecule has 25 heavy (non-hydrogen) atoms. The van der Waals surface area contributed by atoms with Crippen molar-refractivity contribution in [3.63, 3.8) is 0 Å². The molecule has 0 amide bonds.